The van der Waals surface area contributed by atoms with Crippen molar-refractivity contribution in [2.24, 2.45) is 28.9 Å². The van der Waals surface area contributed by atoms with Crippen molar-refractivity contribution >= 4 is 5.91 Å². The summed E-state index contributed by atoms with van der Waals surface area (Å²) < 4.78 is 0. The van der Waals surface area contributed by atoms with E-state index in [9.17, 15) is 4.79 Å². The third-order valence-electron chi connectivity index (χ3n) is 4.32. The predicted octanol–water partition coefficient (Wildman–Crippen LogP) is 1.50. The Morgan fingerprint density at radius 2 is 1.85 bits per heavy atom. The highest BCUT2D eigenvalue weighted by molar-refractivity contribution is 5.81. The number of rotatable bonds is 1. The third-order valence-corrected chi connectivity index (χ3v) is 4.32. The van der Waals surface area contributed by atoms with Gasteiger partial charge in [0, 0.05) is 5.41 Å². The van der Waals surface area contributed by atoms with Crippen molar-refractivity contribution < 1.29 is 4.79 Å². The molecule has 71 valence electrons. The second-order valence-electron chi connectivity index (χ2n) is 5.31. The fraction of sp³-hybridized carbons (Fsp3) is 0.818. The van der Waals surface area contributed by atoms with Crippen molar-refractivity contribution in [2.45, 2.75) is 32.1 Å². The summed E-state index contributed by atoms with van der Waals surface area (Å²) in [6, 6.07) is 0. The number of nitrogens with two attached hydrogens (primary N) is 1. The first kappa shape index (κ1) is 7.84. The third kappa shape index (κ3) is 0.976. The molecule has 13 heavy (non-hydrogen) atoms. The molecule has 2 unspecified atom stereocenters. The van der Waals surface area contributed by atoms with E-state index in [1.54, 1.807) is 0 Å². The van der Waals surface area contributed by atoms with Crippen LogP contribution >= 0.6 is 0 Å². The number of carbonyl (C=O) groups excluding carboxylic acids is 1. The van der Waals surface area contributed by atoms with Gasteiger partial charge in [-0.05, 0) is 56.3 Å². The van der Waals surface area contributed by atoms with E-state index in [0.717, 1.165) is 25.2 Å². The molecule has 0 spiro atoms. The van der Waals surface area contributed by atoms with Gasteiger partial charge in [-0.25, -0.2) is 0 Å². The maximum absolute atomic E-state index is 11.5. The molecule has 4 atom stereocenters. The van der Waals surface area contributed by atoms with Crippen LogP contribution in [0.15, 0.2) is 0 Å². The summed E-state index contributed by atoms with van der Waals surface area (Å²) in [5.74, 6) is 2.19. The van der Waals surface area contributed by atoms with Crippen LogP contribution in [0.25, 0.3) is 0 Å². The first-order valence-electron chi connectivity index (χ1n) is 5.33. The van der Waals surface area contributed by atoms with Crippen molar-refractivity contribution in [3.05, 3.63) is 6.42 Å². The average Bonchev–Trinajstić information content (AvgIpc) is 2.00. The van der Waals surface area contributed by atoms with E-state index in [1.807, 2.05) is 0 Å². The molecule has 0 aliphatic heterocycles. The summed E-state index contributed by atoms with van der Waals surface area (Å²) in [6.45, 7) is 0. The lowest BCUT2D eigenvalue weighted by molar-refractivity contribution is -0.138. The molecular formula is C11H16NO. The van der Waals surface area contributed by atoms with E-state index in [-0.39, 0.29) is 11.3 Å². The predicted molar refractivity (Wildman–Crippen MR) is 49.5 cm³/mol. The Balaban J connectivity index is 1.95. The van der Waals surface area contributed by atoms with Crippen LogP contribution in [-0.2, 0) is 4.79 Å². The fourth-order valence-electron chi connectivity index (χ4n) is 4.07. The second kappa shape index (κ2) is 2.28. The van der Waals surface area contributed by atoms with Crippen LogP contribution in [0.2, 0.25) is 0 Å². The van der Waals surface area contributed by atoms with Crippen LogP contribution in [0, 0.1) is 29.6 Å². The Kier molecular flexibility index (Phi) is 1.38. The maximum atomic E-state index is 11.5. The van der Waals surface area contributed by atoms with Crippen LogP contribution in [-0.4, -0.2) is 5.91 Å². The zero-order valence-corrected chi connectivity index (χ0v) is 7.83. The van der Waals surface area contributed by atoms with Gasteiger partial charge in [0.1, 0.15) is 0 Å². The maximum Gasteiger partial charge on any atom is 0.223 e. The van der Waals surface area contributed by atoms with Gasteiger partial charge in [-0.15, -0.1) is 0 Å². The Morgan fingerprint density at radius 1 is 1.23 bits per heavy atom. The highest BCUT2D eigenvalue weighted by Crippen LogP contribution is 2.59. The van der Waals surface area contributed by atoms with E-state index in [1.165, 1.54) is 12.8 Å². The number of carbonyl (C=O) groups is 1. The molecule has 4 aliphatic rings. The summed E-state index contributed by atoms with van der Waals surface area (Å²) in [7, 11) is 0. The first-order valence-corrected chi connectivity index (χ1v) is 5.33. The summed E-state index contributed by atoms with van der Waals surface area (Å²) in [5.41, 5.74) is 5.45. The first-order chi connectivity index (χ1) is 6.18. The molecule has 1 amide bonds. The molecule has 0 aromatic heterocycles. The van der Waals surface area contributed by atoms with Crippen molar-refractivity contribution in [3.63, 3.8) is 0 Å². The summed E-state index contributed by atoms with van der Waals surface area (Å²) in [6.07, 6.45) is 8.32. The van der Waals surface area contributed by atoms with Crippen LogP contribution in [0.5, 0.6) is 0 Å². The molecule has 0 aromatic rings. The minimum atomic E-state index is -0.0920. The minimum absolute atomic E-state index is 0.0278. The van der Waals surface area contributed by atoms with E-state index in [2.05, 4.69) is 6.42 Å². The molecule has 0 saturated heterocycles. The summed E-state index contributed by atoms with van der Waals surface area (Å²) in [5, 5.41) is 0. The molecule has 1 radical (unpaired) electrons. The monoisotopic (exact) mass is 178 g/mol. The Bertz CT molecular complexity index is 224. The second-order valence-corrected chi connectivity index (χ2v) is 5.31. The Morgan fingerprint density at radius 3 is 2.31 bits per heavy atom. The molecule has 0 heterocycles. The van der Waals surface area contributed by atoms with Crippen LogP contribution in [0.1, 0.15) is 32.1 Å². The smallest absolute Gasteiger partial charge is 0.223 e. The lowest BCUT2D eigenvalue weighted by Gasteiger charge is -2.55. The van der Waals surface area contributed by atoms with E-state index >= 15 is 0 Å². The summed E-state index contributed by atoms with van der Waals surface area (Å²) in [4.78, 5) is 11.5. The van der Waals surface area contributed by atoms with Gasteiger partial charge in [0.25, 0.3) is 0 Å². The van der Waals surface area contributed by atoms with Gasteiger partial charge in [0.15, 0.2) is 0 Å². The van der Waals surface area contributed by atoms with Gasteiger partial charge in [0.05, 0.1) is 0 Å². The summed E-state index contributed by atoms with van der Waals surface area (Å²) >= 11 is 0. The lowest BCUT2D eigenvalue weighted by Crippen LogP contribution is -2.52. The Labute approximate surface area is 78.9 Å². The quantitative estimate of drug-likeness (QED) is 0.649. The van der Waals surface area contributed by atoms with Crippen LogP contribution in [0.3, 0.4) is 0 Å². The molecule has 2 N–H and O–H groups in total. The van der Waals surface area contributed by atoms with Gasteiger partial charge in [-0.1, -0.05) is 0 Å². The zero-order chi connectivity index (χ0) is 9.05. The Hall–Kier alpha value is -0.530. The van der Waals surface area contributed by atoms with Crippen LogP contribution in [0.4, 0.5) is 0 Å². The van der Waals surface area contributed by atoms with Crippen molar-refractivity contribution in [1.82, 2.24) is 0 Å². The van der Waals surface area contributed by atoms with E-state index in [0.29, 0.717) is 11.8 Å². The number of hydrogen-bond acceptors (Lipinski definition) is 1. The minimum Gasteiger partial charge on any atom is -0.369 e. The SMILES string of the molecule is NC(=O)[C@]12CC3[CH][C@@H](CC(C3)C1)C2. The highest BCUT2D eigenvalue weighted by Gasteiger charge is 2.53. The van der Waals surface area contributed by atoms with Crippen LogP contribution < -0.4 is 5.73 Å². The largest absolute Gasteiger partial charge is 0.369 e. The molecule has 2 nitrogen and oxygen atoms in total. The molecule has 2 heteroatoms. The molecule has 4 bridgehead atoms. The fourth-order valence-corrected chi connectivity index (χ4v) is 4.07. The van der Waals surface area contributed by atoms with Gasteiger partial charge < -0.3 is 5.73 Å². The molecule has 0 aromatic carbocycles. The molecule has 4 rings (SSSR count). The van der Waals surface area contributed by atoms with E-state index < -0.39 is 0 Å². The molecular weight excluding hydrogens is 162 g/mol. The van der Waals surface area contributed by atoms with Gasteiger partial charge in [0.2, 0.25) is 5.91 Å². The molecule has 4 fully saturated rings. The standard InChI is InChI=1S/C11H16NO/c12-10(13)11-4-7-1-8(5-11)3-9(2-7)6-11/h1,7-9H,2-6H2,(H2,12,13)/t7-,8?,9?,11+/m0/s1. The average molecular weight is 178 g/mol. The van der Waals surface area contributed by atoms with Gasteiger partial charge in [-0.2, -0.15) is 0 Å². The molecule has 4 aliphatic carbocycles. The van der Waals surface area contributed by atoms with Crippen molar-refractivity contribution in [1.29, 1.82) is 0 Å². The lowest BCUT2D eigenvalue weighted by atomic mass is 9.49. The highest BCUT2D eigenvalue weighted by atomic mass is 16.1. The molecule has 4 saturated carbocycles. The number of amides is 1. The van der Waals surface area contributed by atoms with Gasteiger partial charge in [-0.3, -0.25) is 4.79 Å². The zero-order valence-electron chi connectivity index (χ0n) is 7.83. The van der Waals surface area contributed by atoms with E-state index in [4.69, 9.17) is 5.73 Å². The number of primary amides is 1. The topological polar surface area (TPSA) is 43.1 Å². The van der Waals surface area contributed by atoms with Crippen molar-refractivity contribution in [3.8, 4) is 0 Å². The normalized spacial score (nSPS) is 52.5. The van der Waals surface area contributed by atoms with Crippen molar-refractivity contribution in [2.75, 3.05) is 0 Å². The van der Waals surface area contributed by atoms with Gasteiger partial charge >= 0.3 is 0 Å². The number of hydrogen-bond donors (Lipinski definition) is 1.